The summed E-state index contributed by atoms with van der Waals surface area (Å²) in [7, 11) is 0. The number of hydrogen-bond acceptors (Lipinski definition) is 7. The van der Waals surface area contributed by atoms with Crippen LogP contribution >= 0.6 is 0 Å². The molecule has 4 N–H and O–H groups in total. The highest BCUT2D eigenvalue weighted by Crippen LogP contribution is 2.19. The maximum atomic E-state index is 11.2. The largest absolute Gasteiger partial charge is 0.368 e. The maximum absolute atomic E-state index is 11.2. The summed E-state index contributed by atoms with van der Waals surface area (Å²) in [6.07, 6.45) is 4.19. The highest BCUT2D eigenvalue weighted by Gasteiger charge is 2.19. The third kappa shape index (κ3) is 4.17. The van der Waals surface area contributed by atoms with E-state index in [9.17, 15) is 4.79 Å². The minimum Gasteiger partial charge on any atom is -0.368 e. The number of rotatable bonds is 7. The minimum absolute atomic E-state index is 0.0862. The second-order valence-electron chi connectivity index (χ2n) is 5.23. The number of amides is 1. The summed E-state index contributed by atoms with van der Waals surface area (Å²) in [5.74, 6) is 0.776. The molecule has 1 aromatic rings. The van der Waals surface area contributed by atoms with E-state index >= 15 is 0 Å². The number of hydrogen-bond donors (Lipinski definition) is 2. The molecule has 1 saturated heterocycles. The van der Waals surface area contributed by atoms with E-state index < -0.39 is 5.91 Å². The second-order valence-corrected chi connectivity index (χ2v) is 5.23. The predicted molar refractivity (Wildman–Crippen MR) is 82.0 cm³/mol. The monoisotopic (exact) mass is 293 g/mol. The molecular formula is C13H23N7O. The number of nitrogens with two attached hydrogens (primary N) is 2. The Balaban J connectivity index is 2.23. The SMILES string of the molecule is CCCCN(CC(N)=O)c1nc(N)nc(N2CCCC2)n1. The third-order valence-corrected chi connectivity index (χ3v) is 3.43. The Kier molecular flexibility index (Phi) is 5.13. The molecule has 8 heteroatoms. The van der Waals surface area contributed by atoms with Crippen molar-refractivity contribution in [2.75, 3.05) is 41.7 Å². The van der Waals surface area contributed by atoms with Crippen molar-refractivity contribution in [3.05, 3.63) is 0 Å². The average Bonchev–Trinajstić information content (AvgIpc) is 2.96. The van der Waals surface area contributed by atoms with Gasteiger partial charge in [-0.15, -0.1) is 0 Å². The lowest BCUT2D eigenvalue weighted by molar-refractivity contribution is -0.116. The van der Waals surface area contributed by atoms with Gasteiger partial charge in [0.15, 0.2) is 0 Å². The summed E-state index contributed by atoms with van der Waals surface area (Å²) in [5, 5.41) is 0. The van der Waals surface area contributed by atoms with E-state index in [1.54, 1.807) is 4.90 Å². The van der Waals surface area contributed by atoms with E-state index in [1.165, 1.54) is 0 Å². The summed E-state index contributed by atoms with van der Waals surface area (Å²) in [5.41, 5.74) is 11.1. The van der Waals surface area contributed by atoms with Crippen LogP contribution in [0.25, 0.3) is 0 Å². The summed E-state index contributed by atoms with van der Waals surface area (Å²) in [4.78, 5) is 27.9. The van der Waals surface area contributed by atoms with Crippen LogP contribution < -0.4 is 21.3 Å². The first-order valence-electron chi connectivity index (χ1n) is 7.40. The van der Waals surface area contributed by atoms with Crippen LogP contribution in [0.1, 0.15) is 32.6 Å². The first-order chi connectivity index (χ1) is 10.1. The Hall–Kier alpha value is -2.12. The zero-order valence-corrected chi connectivity index (χ0v) is 12.5. The Labute approximate surface area is 124 Å². The van der Waals surface area contributed by atoms with Gasteiger partial charge in [-0.25, -0.2) is 0 Å². The molecule has 0 bridgehead atoms. The molecule has 116 valence electrons. The van der Waals surface area contributed by atoms with Crippen LogP contribution in [0.15, 0.2) is 0 Å². The second kappa shape index (κ2) is 7.05. The van der Waals surface area contributed by atoms with Crippen LogP contribution in [0.5, 0.6) is 0 Å². The van der Waals surface area contributed by atoms with E-state index in [0.29, 0.717) is 18.4 Å². The van der Waals surface area contributed by atoms with Crippen molar-refractivity contribution in [3.8, 4) is 0 Å². The lowest BCUT2D eigenvalue weighted by Gasteiger charge is -2.23. The zero-order chi connectivity index (χ0) is 15.2. The van der Waals surface area contributed by atoms with E-state index in [0.717, 1.165) is 38.8 Å². The number of primary amides is 1. The van der Waals surface area contributed by atoms with Gasteiger partial charge >= 0.3 is 0 Å². The van der Waals surface area contributed by atoms with E-state index in [4.69, 9.17) is 11.5 Å². The van der Waals surface area contributed by atoms with Gasteiger partial charge in [0, 0.05) is 19.6 Å². The molecule has 0 atom stereocenters. The standard InChI is InChI=1S/C13H23N7O/c1-2-3-6-20(9-10(14)21)13-17-11(15)16-12(18-13)19-7-4-5-8-19/h2-9H2,1H3,(H2,14,21)(H2,15,16,17,18). The molecule has 2 rings (SSSR count). The van der Waals surface area contributed by atoms with E-state index in [-0.39, 0.29) is 12.5 Å². The molecule has 0 aromatic carbocycles. The number of unbranched alkanes of at least 4 members (excludes halogenated alkanes) is 1. The van der Waals surface area contributed by atoms with Gasteiger partial charge < -0.3 is 21.3 Å². The fourth-order valence-electron chi connectivity index (χ4n) is 2.36. The van der Waals surface area contributed by atoms with Crippen LogP contribution in [-0.2, 0) is 4.79 Å². The van der Waals surface area contributed by atoms with Crippen LogP contribution in [0.2, 0.25) is 0 Å². The van der Waals surface area contributed by atoms with Gasteiger partial charge in [-0.2, -0.15) is 15.0 Å². The van der Waals surface area contributed by atoms with Crippen molar-refractivity contribution in [1.82, 2.24) is 15.0 Å². The van der Waals surface area contributed by atoms with Crippen molar-refractivity contribution in [2.24, 2.45) is 5.73 Å². The van der Waals surface area contributed by atoms with Gasteiger partial charge in [0.05, 0.1) is 6.54 Å². The number of nitrogens with zero attached hydrogens (tertiary/aromatic N) is 5. The first-order valence-corrected chi connectivity index (χ1v) is 7.40. The molecule has 2 heterocycles. The summed E-state index contributed by atoms with van der Waals surface area (Å²) < 4.78 is 0. The maximum Gasteiger partial charge on any atom is 0.237 e. The molecule has 1 aliphatic heterocycles. The topological polar surface area (TPSA) is 114 Å². The summed E-state index contributed by atoms with van der Waals surface area (Å²) >= 11 is 0. The van der Waals surface area contributed by atoms with Crippen molar-refractivity contribution >= 4 is 23.8 Å². The molecule has 1 amide bonds. The van der Waals surface area contributed by atoms with Gasteiger partial charge in [-0.3, -0.25) is 4.79 Å². The first kappa shape index (κ1) is 15.3. The molecule has 1 aromatic heterocycles. The Morgan fingerprint density at radius 1 is 1.29 bits per heavy atom. The number of carbonyl (C=O) groups excluding carboxylic acids is 1. The van der Waals surface area contributed by atoms with Crippen molar-refractivity contribution < 1.29 is 4.79 Å². The van der Waals surface area contributed by atoms with E-state index in [2.05, 4.69) is 26.8 Å². The van der Waals surface area contributed by atoms with Gasteiger partial charge in [0.1, 0.15) is 0 Å². The van der Waals surface area contributed by atoms with Gasteiger partial charge in [0.2, 0.25) is 23.8 Å². The minimum atomic E-state index is -0.409. The molecule has 0 spiro atoms. The molecule has 1 aliphatic rings. The van der Waals surface area contributed by atoms with Gasteiger partial charge in [-0.1, -0.05) is 13.3 Å². The number of anilines is 3. The highest BCUT2D eigenvalue weighted by atomic mass is 16.1. The Morgan fingerprint density at radius 2 is 2.00 bits per heavy atom. The number of nitrogen functional groups attached to an aromatic ring is 1. The molecule has 21 heavy (non-hydrogen) atoms. The highest BCUT2D eigenvalue weighted by molar-refractivity contribution is 5.78. The van der Waals surface area contributed by atoms with Crippen LogP contribution in [-0.4, -0.2) is 47.0 Å². The van der Waals surface area contributed by atoms with Crippen molar-refractivity contribution in [3.63, 3.8) is 0 Å². The lowest BCUT2D eigenvalue weighted by atomic mass is 10.3. The van der Waals surface area contributed by atoms with E-state index in [1.807, 2.05) is 0 Å². The Bertz CT molecular complexity index is 487. The lowest BCUT2D eigenvalue weighted by Crippen LogP contribution is -2.36. The molecule has 0 unspecified atom stereocenters. The third-order valence-electron chi connectivity index (χ3n) is 3.43. The molecular weight excluding hydrogens is 270 g/mol. The van der Waals surface area contributed by atoms with Gasteiger partial charge in [-0.05, 0) is 19.3 Å². The number of carbonyl (C=O) groups is 1. The quantitative estimate of drug-likeness (QED) is 0.735. The molecule has 0 radical (unpaired) electrons. The molecule has 1 fully saturated rings. The fourth-order valence-corrected chi connectivity index (χ4v) is 2.36. The fraction of sp³-hybridized carbons (Fsp3) is 0.692. The average molecular weight is 293 g/mol. The molecule has 8 nitrogen and oxygen atoms in total. The van der Waals surface area contributed by atoms with Crippen LogP contribution in [0, 0.1) is 0 Å². The summed E-state index contributed by atoms with van der Waals surface area (Å²) in [6, 6.07) is 0. The van der Waals surface area contributed by atoms with Crippen LogP contribution in [0.4, 0.5) is 17.8 Å². The molecule has 0 aliphatic carbocycles. The zero-order valence-electron chi connectivity index (χ0n) is 12.5. The summed E-state index contributed by atoms with van der Waals surface area (Å²) in [6.45, 7) is 4.69. The predicted octanol–water partition coefficient (Wildman–Crippen LogP) is 0.146. The Morgan fingerprint density at radius 3 is 2.62 bits per heavy atom. The van der Waals surface area contributed by atoms with Crippen molar-refractivity contribution in [1.29, 1.82) is 0 Å². The number of aromatic nitrogens is 3. The van der Waals surface area contributed by atoms with Crippen molar-refractivity contribution in [2.45, 2.75) is 32.6 Å². The normalized spacial score (nSPS) is 14.4. The smallest absolute Gasteiger partial charge is 0.237 e. The van der Waals surface area contributed by atoms with Gasteiger partial charge in [0.25, 0.3) is 0 Å². The van der Waals surface area contributed by atoms with Crippen LogP contribution in [0.3, 0.4) is 0 Å². The molecule has 0 saturated carbocycles.